The fourth-order valence-corrected chi connectivity index (χ4v) is 2.98. The summed E-state index contributed by atoms with van der Waals surface area (Å²) in [6, 6.07) is 5.63. The first-order valence-electron chi connectivity index (χ1n) is 8.31. The summed E-state index contributed by atoms with van der Waals surface area (Å²) in [6.45, 7) is 12.1. The highest BCUT2D eigenvalue weighted by atomic mass is 16.7. The number of phenols is 1. The van der Waals surface area contributed by atoms with E-state index >= 15 is 0 Å². The van der Waals surface area contributed by atoms with Crippen LogP contribution in [0.15, 0.2) is 18.2 Å². The zero-order valence-corrected chi connectivity index (χ0v) is 14.8. The fraction of sp³-hybridized carbons (Fsp3) is 0.647. The van der Waals surface area contributed by atoms with Crippen LogP contribution in [0.1, 0.15) is 27.7 Å². The maximum atomic E-state index is 10.1. The van der Waals surface area contributed by atoms with Crippen molar-refractivity contribution >= 4 is 18.3 Å². The number of anilines is 1. The minimum Gasteiger partial charge on any atom is -0.508 e. The second-order valence-corrected chi connectivity index (χ2v) is 7.66. The zero-order valence-electron chi connectivity index (χ0n) is 14.8. The van der Waals surface area contributed by atoms with Crippen molar-refractivity contribution in [3.63, 3.8) is 0 Å². The number of hydrogen-bond donors (Lipinski definition) is 1. The monoisotopic (exact) mass is 318 g/mol. The Kier molecular flexibility index (Phi) is 4.11. The first kappa shape index (κ1) is 16.6. The van der Waals surface area contributed by atoms with E-state index in [0.29, 0.717) is 0 Å². The van der Waals surface area contributed by atoms with Crippen molar-refractivity contribution in [3.8, 4) is 5.75 Å². The molecule has 2 heterocycles. The first-order valence-corrected chi connectivity index (χ1v) is 8.31. The summed E-state index contributed by atoms with van der Waals surface area (Å²) in [5.41, 5.74) is 1.15. The van der Waals surface area contributed by atoms with E-state index < -0.39 is 7.12 Å². The second-order valence-electron chi connectivity index (χ2n) is 7.66. The molecule has 1 aromatic rings. The van der Waals surface area contributed by atoms with E-state index in [0.717, 1.165) is 37.3 Å². The first-order chi connectivity index (χ1) is 10.7. The molecule has 2 aliphatic heterocycles. The molecule has 0 radical (unpaired) electrons. The topological polar surface area (TPSA) is 45.2 Å². The Bertz CT molecular complexity index is 567. The van der Waals surface area contributed by atoms with E-state index in [1.54, 1.807) is 6.07 Å². The Labute approximate surface area is 139 Å². The normalized spacial score (nSPS) is 24.2. The van der Waals surface area contributed by atoms with Crippen molar-refractivity contribution in [3.05, 3.63) is 18.2 Å². The molecule has 3 rings (SSSR count). The van der Waals surface area contributed by atoms with Gasteiger partial charge in [0, 0.05) is 37.9 Å². The van der Waals surface area contributed by atoms with Gasteiger partial charge in [-0.05, 0) is 52.3 Å². The number of rotatable bonds is 2. The van der Waals surface area contributed by atoms with Crippen molar-refractivity contribution in [2.45, 2.75) is 38.9 Å². The molecule has 0 atom stereocenters. The summed E-state index contributed by atoms with van der Waals surface area (Å²) in [5, 5.41) is 10.1. The van der Waals surface area contributed by atoms with Crippen molar-refractivity contribution in [1.29, 1.82) is 0 Å². The molecule has 1 N–H and O–H groups in total. The smallest absolute Gasteiger partial charge is 0.495 e. The molecule has 5 nitrogen and oxygen atoms in total. The largest absolute Gasteiger partial charge is 0.508 e. The summed E-state index contributed by atoms with van der Waals surface area (Å²) in [6.07, 6.45) is 0. The Hall–Kier alpha value is -1.24. The predicted octanol–water partition coefficient (Wildman–Crippen LogP) is 1.44. The van der Waals surface area contributed by atoms with Gasteiger partial charge in [-0.3, -0.25) is 0 Å². The lowest BCUT2D eigenvalue weighted by Gasteiger charge is -2.34. The van der Waals surface area contributed by atoms with Crippen LogP contribution in [0.5, 0.6) is 5.75 Å². The highest BCUT2D eigenvalue weighted by Crippen LogP contribution is 2.37. The molecular formula is C17H27BN2O3. The van der Waals surface area contributed by atoms with E-state index in [9.17, 15) is 5.11 Å². The third-order valence-electron chi connectivity index (χ3n) is 5.32. The van der Waals surface area contributed by atoms with Crippen LogP contribution in [0.4, 0.5) is 5.69 Å². The van der Waals surface area contributed by atoms with Gasteiger partial charge in [-0.2, -0.15) is 0 Å². The molecular weight excluding hydrogens is 291 g/mol. The van der Waals surface area contributed by atoms with Crippen LogP contribution in [0.25, 0.3) is 0 Å². The van der Waals surface area contributed by atoms with Crippen LogP contribution in [0, 0.1) is 0 Å². The summed E-state index contributed by atoms with van der Waals surface area (Å²) in [4.78, 5) is 4.61. The number of likely N-dealkylation sites (N-methyl/N-ethyl adjacent to an activating group) is 1. The molecule has 0 amide bonds. The summed E-state index contributed by atoms with van der Waals surface area (Å²) >= 11 is 0. The highest BCUT2D eigenvalue weighted by Gasteiger charge is 2.51. The molecule has 6 heteroatoms. The third-order valence-corrected chi connectivity index (χ3v) is 5.32. The Morgan fingerprint density at radius 3 is 2.09 bits per heavy atom. The summed E-state index contributed by atoms with van der Waals surface area (Å²) < 4.78 is 12.2. The summed E-state index contributed by atoms with van der Waals surface area (Å²) in [5.74, 6) is 0.256. The number of phenolic OH excluding ortho intramolecular Hbond substituents is 1. The van der Waals surface area contributed by atoms with Gasteiger partial charge in [0.1, 0.15) is 5.75 Å². The van der Waals surface area contributed by atoms with Gasteiger partial charge in [-0.25, -0.2) is 0 Å². The molecule has 23 heavy (non-hydrogen) atoms. The minimum atomic E-state index is -0.446. The molecule has 0 spiro atoms. The third kappa shape index (κ3) is 3.20. The number of benzene rings is 1. The number of aromatic hydroxyl groups is 1. The van der Waals surface area contributed by atoms with Crippen molar-refractivity contribution in [1.82, 2.24) is 4.90 Å². The van der Waals surface area contributed by atoms with Gasteiger partial charge in [0.25, 0.3) is 0 Å². The SMILES string of the molecule is CN1CCN(c2cc(O)cc(B3OC(C)(C)C(C)(C)O3)c2)CC1. The Morgan fingerprint density at radius 2 is 1.52 bits per heavy atom. The average molecular weight is 318 g/mol. The second kappa shape index (κ2) is 5.69. The molecule has 0 aromatic heterocycles. The fourth-order valence-electron chi connectivity index (χ4n) is 2.98. The number of nitrogens with zero attached hydrogens (tertiary/aromatic N) is 2. The molecule has 0 saturated carbocycles. The molecule has 0 bridgehead atoms. The maximum absolute atomic E-state index is 10.1. The molecule has 2 fully saturated rings. The van der Waals surface area contributed by atoms with Crippen LogP contribution in [0.3, 0.4) is 0 Å². The van der Waals surface area contributed by atoms with Gasteiger partial charge in [-0.15, -0.1) is 0 Å². The molecule has 126 valence electrons. The standard InChI is InChI=1S/C17H27BN2O3/c1-16(2)17(3,4)23-18(22-16)13-10-14(12-15(21)11-13)20-8-6-19(5)7-9-20/h10-12,21H,6-9H2,1-5H3. The van der Waals surface area contributed by atoms with E-state index in [-0.39, 0.29) is 17.0 Å². The maximum Gasteiger partial charge on any atom is 0.495 e. The van der Waals surface area contributed by atoms with E-state index in [2.05, 4.69) is 22.9 Å². The highest BCUT2D eigenvalue weighted by molar-refractivity contribution is 6.62. The molecule has 0 aliphatic carbocycles. The van der Waals surface area contributed by atoms with Gasteiger partial charge in [0.2, 0.25) is 0 Å². The van der Waals surface area contributed by atoms with Crippen molar-refractivity contribution in [2.24, 2.45) is 0 Å². The van der Waals surface area contributed by atoms with Gasteiger partial charge in [0.15, 0.2) is 0 Å². The predicted molar refractivity (Wildman–Crippen MR) is 93.5 cm³/mol. The zero-order chi connectivity index (χ0) is 16.8. The molecule has 0 unspecified atom stereocenters. The Balaban J connectivity index is 1.84. The molecule has 2 aliphatic rings. The van der Waals surface area contributed by atoms with Gasteiger partial charge >= 0.3 is 7.12 Å². The van der Waals surface area contributed by atoms with Gasteiger partial charge in [-0.1, -0.05) is 0 Å². The van der Waals surface area contributed by atoms with E-state index in [4.69, 9.17) is 9.31 Å². The van der Waals surface area contributed by atoms with Crippen molar-refractivity contribution < 1.29 is 14.4 Å². The summed E-state index contributed by atoms with van der Waals surface area (Å²) in [7, 11) is 1.69. The Morgan fingerprint density at radius 1 is 0.957 bits per heavy atom. The van der Waals surface area contributed by atoms with E-state index in [1.807, 2.05) is 33.8 Å². The van der Waals surface area contributed by atoms with Crippen LogP contribution < -0.4 is 10.4 Å². The molecule has 2 saturated heterocycles. The number of piperazine rings is 1. The van der Waals surface area contributed by atoms with Crippen LogP contribution in [-0.2, 0) is 9.31 Å². The molecule has 1 aromatic carbocycles. The number of hydrogen-bond acceptors (Lipinski definition) is 5. The quantitative estimate of drug-likeness (QED) is 0.836. The lowest BCUT2D eigenvalue weighted by atomic mass is 9.78. The lowest BCUT2D eigenvalue weighted by molar-refractivity contribution is 0.00578. The lowest BCUT2D eigenvalue weighted by Crippen LogP contribution is -2.45. The van der Waals surface area contributed by atoms with Gasteiger partial charge < -0.3 is 24.2 Å². The van der Waals surface area contributed by atoms with Crippen LogP contribution >= 0.6 is 0 Å². The average Bonchev–Trinajstić information content (AvgIpc) is 2.67. The van der Waals surface area contributed by atoms with Crippen molar-refractivity contribution in [2.75, 3.05) is 38.1 Å². The van der Waals surface area contributed by atoms with Crippen LogP contribution in [0.2, 0.25) is 0 Å². The van der Waals surface area contributed by atoms with E-state index in [1.165, 1.54) is 0 Å². The minimum absolute atomic E-state index is 0.256. The van der Waals surface area contributed by atoms with Crippen LogP contribution in [-0.4, -0.2) is 61.6 Å². The van der Waals surface area contributed by atoms with Gasteiger partial charge in [0.05, 0.1) is 11.2 Å².